The highest BCUT2D eigenvalue weighted by Gasteiger charge is 2.40. The number of imidazole rings is 1. The summed E-state index contributed by atoms with van der Waals surface area (Å²) in [5, 5.41) is 12.7. The molecule has 5 rings (SSSR count). The second kappa shape index (κ2) is 6.78. The second-order valence-corrected chi connectivity index (χ2v) is 10.8. The number of aromatic nitrogens is 6. The zero-order valence-corrected chi connectivity index (χ0v) is 17.5. The summed E-state index contributed by atoms with van der Waals surface area (Å²) in [7, 11) is -2.39. The topological polar surface area (TPSA) is 77.5 Å². The van der Waals surface area contributed by atoms with Gasteiger partial charge in [-0.2, -0.15) is 18.4 Å². The fourth-order valence-electron chi connectivity index (χ4n) is 3.36. The Kier molecular flexibility index (Phi) is 4.27. The molecule has 0 bridgehead atoms. The van der Waals surface area contributed by atoms with Crippen molar-refractivity contribution in [2.24, 2.45) is 0 Å². The Labute approximate surface area is 175 Å². The van der Waals surface area contributed by atoms with Gasteiger partial charge >= 0.3 is 5.92 Å². The van der Waals surface area contributed by atoms with E-state index in [1.165, 1.54) is 22.7 Å². The van der Waals surface area contributed by atoms with Gasteiger partial charge in [-0.25, -0.2) is 4.98 Å². The van der Waals surface area contributed by atoms with Crippen LogP contribution in [0.2, 0.25) is 0 Å². The Morgan fingerprint density at radius 2 is 1.68 bits per heavy atom. The van der Waals surface area contributed by atoms with Crippen molar-refractivity contribution in [3.05, 3.63) is 78.5 Å². The molecule has 0 aliphatic carbocycles. The Morgan fingerprint density at radius 3 is 2.42 bits per heavy atom. The van der Waals surface area contributed by atoms with Gasteiger partial charge < -0.3 is 8.97 Å². The van der Waals surface area contributed by atoms with Crippen LogP contribution in [0.5, 0.6) is 0 Å². The summed E-state index contributed by atoms with van der Waals surface area (Å²) in [6, 6.07) is 13.2. The van der Waals surface area contributed by atoms with E-state index in [1.807, 2.05) is 0 Å². The summed E-state index contributed by atoms with van der Waals surface area (Å²) in [5.41, 5.74) is 1.72. The summed E-state index contributed by atoms with van der Waals surface area (Å²) in [4.78, 5) is 4.08. The van der Waals surface area contributed by atoms with Crippen LogP contribution in [0, 0.1) is 0 Å². The highest BCUT2D eigenvalue weighted by molar-refractivity contribution is 7.70. The van der Waals surface area contributed by atoms with Crippen LogP contribution in [0.1, 0.15) is 11.4 Å². The SMILES string of the molecule is CP(C)(=O)c1ccc(-c2ccc3nnc(C(F)(F)c4ccc5nccn5c4)n3n2)cc1. The molecule has 5 aromatic rings. The van der Waals surface area contributed by atoms with E-state index in [2.05, 4.69) is 20.3 Å². The van der Waals surface area contributed by atoms with E-state index in [0.29, 0.717) is 16.9 Å². The van der Waals surface area contributed by atoms with Gasteiger partial charge in [0.15, 0.2) is 5.65 Å². The van der Waals surface area contributed by atoms with Gasteiger partial charge in [0.2, 0.25) is 5.82 Å². The normalized spacial score (nSPS) is 12.6. The first-order valence-electron chi connectivity index (χ1n) is 9.43. The monoisotopic (exact) mass is 438 g/mol. The molecule has 0 aliphatic heterocycles. The molecule has 156 valence electrons. The van der Waals surface area contributed by atoms with Crippen LogP contribution in [0.25, 0.3) is 22.6 Å². The summed E-state index contributed by atoms with van der Waals surface area (Å²) in [5.74, 6) is -4.00. The third-order valence-corrected chi connectivity index (χ3v) is 6.62. The van der Waals surface area contributed by atoms with Gasteiger partial charge in [-0.3, -0.25) is 0 Å². The highest BCUT2D eigenvalue weighted by atomic mass is 31.2. The quantitative estimate of drug-likeness (QED) is 0.399. The molecule has 0 saturated heterocycles. The predicted octanol–water partition coefficient (Wildman–Crippen LogP) is 3.83. The summed E-state index contributed by atoms with van der Waals surface area (Å²) >= 11 is 0. The molecule has 0 spiro atoms. The summed E-state index contributed by atoms with van der Waals surface area (Å²) in [6.45, 7) is 3.39. The summed E-state index contributed by atoms with van der Waals surface area (Å²) in [6.07, 6.45) is 4.46. The van der Waals surface area contributed by atoms with E-state index < -0.39 is 18.9 Å². The first-order chi connectivity index (χ1) is 14.7. The first-order valence-corrected chi connectivity index (χ1v) is 12.0. The average Bonchev–Trinajstić information content (AvgIpc) is 3.39. The van der Waals surface area contributed by atoms with E-state index in [4.69, 9.17) is 0 Å². The number of alkyl halides is 2. The van der Waals surface area contributed by atoms with Crippen LogP contribution in [-0.4, -0.2) is 42.5 Å². The Hall–Kier alpha value is -3.45. The third kappa shape index (κ3) is 3.31. The molecule has 0 saturated carbocycles. The van der Waals surface area contributed by atoms with E-state index in [9.17, 15) is 4.57 Å². The molecule has 4 heterocycles. The molecule has 0 atom stereocenters. The highest BCUT2D eigenvalue weighted by Crippen LogP contribution is 2.36. The molecule has 0 radical (unpaired) electrons. The lowest BCUT2D eigenvalue weighted by atomic mass is 10.1. The zero-order chi connectivity index (χ0) is 21.8. The zero-order valence-electron chi connectivity index (χ0n) is 16.6. The fourth-order valence-corrected chi connectivity index (χ4v) is 4.23. The van der Waals surface area contributed by atoms with Crippen LogP contribution in [0.4, 0.5) is 8.78 Å². The number of rotatable bonds is 4. The minimum Gasteiger partial charge on any atom is -0.319 e. The maximum absolute atomic E-state index is 15.4. The Balaban J connectivity index is 1.59. The van der Waals surface area contributed by atoms with Gasteiger partial charge in [0.05, 0.1) is 5.69 Å². The van der Waals surface area contributed by atoms with Crippen molar-refractivity contribution in [2.45, 2.75) is 5.92 Å². The lowest BCUT2D eigenvalue weighted by Gasteiger charge is -2.15. The number of pyridine rings is 1. The van der Waals surface area contributed by atoms with Crippen molar-refractivity contribution in [2.75, 3.05) is 13.3 Å². The standard InChI is InChI=1S/C21H17F2N6OP/c1-31(2,30)16-6-3-14(4-7-16)17-8-10-19-25-26-20(29(19)27-17)21(22,23)15-5-9-18-24-11-12-28(18)13-15/h3-13H,1-2H3. The van der Waals surface area contributed by atoms with Gasteiger partial charge in [-0.05, 0) is 37.6 Å². The molecular weight excluding hydrogens is 421 g/mol. The number of hydrogen-bond acceptors (Lipinski definition) is 5. The van der Waals surface area contributed by atoms with E-state index in [0.717, 1.165) is 9.82 Å². The van der Waals surface area contributed by atoms with Crippen molar-refractivity contribution in [3.8, 4) is 11.3 Å². The van der Waals surface area contributed by atoms with Crippen LogP contribution < -0.4 is 5.30 Å². The van der Waals surface area contributed by atoms with Crippen LogP contribution in [0.15, 0.2) is 67.1 Å². The summed E-state index contributed by atoms with van der Waals surface area (Å²) < 4.78 is 45.6. The molecule has 0 unspecified atom stereocenters. The van der Waals surface area contributed by atoms with Crippen LogP contribution >= 0.6 is 7.14 Å². The van der Waals surface area contributed by atoms with Crippen LogP contribution in [0.3, 0.4) is 0 Å². The largest absolute Gasteiger partial charge is 0.335 e. The lowest BCUT2D eigenvalue weighted by Crippen LogP contribution is -2.21. The van der Waals surface area contributed by atoms with E-state index in [-0.39, 0.29) is 11.2 Å². The number of halogens is 2. The Morgan fingerprint density at radius 1 is 0.935 bits per heavy atom. The van der Waals surface area contributed by atoms with Crippen molar-refractivity contribution in [1.29, 1.82) is 0 Å². The van der Waals surface area contributed by atoms with Gasteiger partial charge in [-0.15, -0.1) is 10.2 Å². The van der Waals surface area contributed by atoms with Crippen molar-refractivity contribution >= 4 is 23.7 Å². The lowest BCUT2D eigenvalue weighted by molar-refractivity contribution is 0.0302. The molecule has 0 amide bonds. The molecule has 31 heavy (non-hydrogen) atoms. The minimum absolute atomic E-state index is 0.213. The molecule has 0 aliphatic rings. The molecule has 10 heteroatoms. The van der Waals surface area contributed by atoms with Crippen LogP contribution in [-0.2, 0) is 10.5 Å². The molecule has 1 aromatic carbocycles. The Bertz CT molecular complexity index is 1470. The average molecular weight is 438 g/mol. The number of nitrogens with zero attached hydrogens (tertiary/aromatic N) is 6. The van der Waals surface area contributed by atoms with Crippen molar-refractivity contribution < 1.29 is 13.3 Å². The molecule has 4 aromatic heterocycles. The van der Waals surface area contributed by atoms with Crippen molar-refractivity contribution in [1.82, 2.24) is 29.2 Å². The molecule has 0 fully saturated rings. The first kappa shape index (κ1) is 19.5. The van der Waals surface area contributed by atoms with E-state index in [1.54, 1.807) is 62.1 Å². The van der Waals surface area contributed by atoms with Crippen molar-refractivity contribution in [3.63, 3.8) is 0 Å². The number of fused-ring (bicyclic) bond motifs is 2. The third-order valence-electron chi connectivity index (χ3n) is 5.08. The number of hydrogen-bond donors (Lipinski definition) is 0. The second-order valence-electron chi connectivity index (χ2n) is 7.59. The smallest absolute Gasteiger partial charge is 0.319 e. The maximum Gasteiger partial charge on any atom is 0.335 e. The van der Waals surface area contributed by atoms with Gasteiger partial charge in [0, 0.05) is 35.0 Å². The minimum atomic E-state index is -3.43. The van der Waals surface area contributed by atoms with Gasteiger partial charge in [0.25, 0.3) is 0 Å². The van der Waals surface area contributed by atoms with Gasteiger partial charge in [0.1, 0.15) is 12.8 Å². The molecule has 0 N–H and O–H groups in total. The number of benzene rings is 1. The molecule has 7 nitrogen and oxygen atoms in total. The van der Waals surface area contributed by atoms with Gasteiger partial charge in [-0.1, -0.05) is 24.3 Å². The van der Waals surface area contributed by atoms with E-state index >= 15 is 8.78 Å². The molecular formula is C21H17F2N6OP. The maximum atomic E-state index is 15.4. The predicted molar refractivity (Wildman–Crippen MR) is 113 cm³/mol. The fraction of sp³-hybridized carbons (Fsp3) is 0.143.